The molecule has 1 aliphatic heterocycles. The molecule has 1 fully saturated rings. The van der Waals surface area contributed by atoms with Gasteiger partial charge in [-0.2, -0.15) is 0 Å². The van der Waals surface area contributed by atoms with Crippen LogP contribution in [0.25, 0.3) is 0 Å². The maximum absolute atomic E-state index is 13.3. The van der Waals surface area contributed by atoms with E-state index >= 15 is 0 Å². The first-order valence-corrected chi connectivity index (χ1v) is 6.91. The quantitative estimate of drug-likeness (QED) is 0.816. The molecule has 0 atom stereocenters. The number of sulfonamides is 1. The molecular formula is C10H14FN3O2S. The Balaban J connectivity index is 2.16. The van der Waals surface area contributed by atoms with Crippen molar-refractivity contribution in [1.29, 1.82) is 0 Å². The molecule has 0 radical (unpaired) electrons. The molecule has 1 aliphatic rings. The van der Waals surface area contributed by atoms with Gasteiger partial charge >= 0.3 is 0 Å². The molecule has 1 aromatic rings. The van der Waals surface area contributed by atoms with Crippen molar-refractivity contribution in [2.75, 3.05) is 13.1 Å². The fourth-order valence-electron chi connectivity index (χ4n) is 1.78. The Labute approximate surface area is 99.5 Å². The van der Waals surface area contributed by atoms with Gasteiger partial charge in [0.05, 0.1) is 0 Å². The monoisotopic (exact) mass is 259 g/mol. The average molecular weight is 259 g/mol. The van der Waals surface area contributed by atoms with Crippen molar-refractivity contribution >= 4 is 10.0 Å². The van der Waals surface area contributed by atoms with Crippen molar-refractivity contribution in [3.63, 3.8) is 0 Å². The Morgan fingerprint density at radius 2 is 2.12 bits per heavy atom. The maximum Gasteiger partial charge on any atom is 0.261 e. The lowest BCUT2D eigenvalue weighted by molar-refractivity contribution is 0.425. The Morgan fingerprint density at radius 1 is 1.41 bits per heavy atom. The maximum atomic E-state index is 13.3. The van der Waals surface area contributed by atoms with Crippen LogP contribution in [0.3, 0.4) is 0 Å². The Morgan fingerprint density at radius 3 is 2.76 bits per heavy atom. The van der Waals surface area contributed by atoms with Gasteiger partial charge in [-0.15, -0.1) is 0 Å². The molecule has 0 aliphatic carbocycles. The van der Waals surface area contributed by atoms with Crippen LogP contribution in [0.15, 0.2) is 23.4 Å². The smallest absolute Gasteiger partial charge is 0.261 e. The number of nitrogens with zero attached hydrogens (tertiary/aromatic N) is 1. The topological polar surface area (TPSA) is 71.1 Å². The van der Waals surface area contributed by atoms with E-state index in [1.54, 1.807) is 0 Å². The van der Waals surface area contributed by atoms with Crippen LogP contribution in [-0.4, -0.2) is 32.5 Å². The number of nitrogens with one attached hydrogen (secondary N) is 2. The molecule has 2 heterocycles. The number of piperidine rings is 1. The van der Waals surface area contributed by atoms with E-state index in [4.69, 9.17) is 0 Å². The predicted molar refractivity (Wildman–Crippen MR) is 60.4 cm³/mol. The predicted octanol–water partition coefficient (Wildman–Crippen LogP) is 0.251. The van der Waals surface area contributed by atoms with Gasteiger partial charge in [-0.3, -0.25) is 0 Å². The van der Waals surface area contributed by atoms with Gasteiger partial charge in [0.25, 0.3) is 10.0 Å². The van der Waals surface area contributed by atoms with Gasteiger partial charge in [0.15, 0.2) is 5.82 Å². The van der Waals surface area contributed by atoms with Crippen LogP contribution in [0.2, 0.25) is 0 Å². The third kappa shape index (κ3) is 2.99. The van der Waals surface area contributed by atoms with Gasteiger partial charge < -0.3 is 5.32 Å². The number of hydrogen-bond donors (Lipinski definition) is 2. The van der Waals surface area contributed by atoms with Crippen LogP contribution in [0.1, 0.15) is 12.8 Å². The van der Waals surface area contributed by atoms with Crippen molar-refractivity contribution in [2.24, 2.45) is 0 Å². The first-order chi connectivity index (χ1) is 8.09. The summed E-state index contributed by atoms with van der Waals surface area (Å²) in [5.41, 5.74) is 0. The lowest BCUT2D eigenvalue weighted by Crippen LogP contribution is -2.43. The number of halogens is 1. The number of aromatic nitrogens is 1. The Bertz CT molecular complexity index is 486. The van der Waals surface area contributed by atoms with Crippen molar-refractivity contribution in [3.8, 4) is 0 Å². The molecule has 7 heteroatoms. The van der Waals surface area contributed by atoms with Crippen molar-refractivity contribution in [3.05, 3.63) is 24.1 Å². The molecule has 0 bridgehead atoms. The second-order valence-electron chi connectivity index (χ2n) is 3.94. The first-order valence-electron chi connectivity index (χ1n) is 5.43. The van der Waals surface area contributed by atoms with Crippen LogP contribution < -0.4 is 10.0 Å². The van der Waals surface area contributed by atoms with Crippen LogP contribution in [0.5, 0.6) is 0 Å². The highest BCUT2D eigenvalue weighted by molar-refractivity contribution is 7.89. The lowest BCUT2D eigenvalue weighted by Gasteiger charge is -2.23. The highest BCUT2D eigenvalue weighted by atomic mass is 32.2. The van der Waals surface area contributed by atoms with Crippen LogP contribution >= 0.6 is 0 Å². The molecule has 1 saturated heterocycles. The van der Waals surface area contributed by atoms with Crippen LogP contribution in [-0.2, 0) is 10.0 Å². The SMILES string of the molecule is O=S(=O)(NC1CCNCC1)c1ncccc1F. The van der Waals surface area contributed by atoms with Crippen molar-refractivity contribution in [1.82, 2.24) is 15.0 Å². The second-order valence-corrected chi connectivity index (χ2v) is 5.57. The molecule has 0 aromatic carbocycles. The lowest BCUT2D eigenvalue weighted by atomic mass is 10.1. The molecule has 0 amide bonds. The van der Waals surface area contributed by atoms with Crippen LogP contribution in [0, 0.1) is 5.82 Å². The van der Waals surface area contributed by atoms with E-state index in [1.807, 2.05) is 0 Å². The summed E-state index contributed by atoms with van der Waals surface area (Å²) in [7, 11) is -3.85. The van der Waals surface area contributed by atoms with Crippen molar-refractivity contribution < 1.29 is 12.8 Å². The van der Waals surface area contributed by atoms with E-state index in [0.717, 1.165) is 19.2 Å². The van der Waals surface area contributed by atoms with Crippen LogP contribution in [0.4, 0.5) is 4.39 Å². The van der Waals surface area contributed by atoms with Gasteiger partial charge in [-0.25, -0.2) is 22.5 Å². The van der Waals surface area contributed by atoms with E-state index in [-0.39, 0.29) is 6.04 Å². The minimum absolute atomic E-state index is 0.150. The standard InChI is InChI=1S/C10H14FN3O2S/c11-9-2-1-5-13-10(9)17(15,16)14-8-3-6-12-7-4-8/h1-2,5,8,12,14H,3-4,6-7H2. The highest BCUT2D eigenvalue weighted by Crippen LogP contribution is 2.12. The highest BCUT2D eigenvalue weighted by Gasteiger charge is 2.25. The molecule has 5 nitrogen and oxygen atoms in total. The van der Waals surface area contributed by atoms with E-state index in [1.165, 1.54) is 12.3 Å². The van der Waals surface area contributed by atoms with Gasteiger partial charge in [-0.05, 0) is 38.1 Å². The molecule has 1 aromatic heterocycles. The third-order valence-electron chi connectivity index (χ3n) is 2.64. The zero-order valence-electron chi connectivity index (χ0n) is 9.19. The second kappa shape index (κ2) is 5.07. The molecule has 2 rings (SSSR count). The number of hydrogen-bond acceptors (Lipinski definition) is 4. The van der Waals surface area contributed by atoms with E-state index < -0.39 is 20.9 Å². The summed E-state index contributed by atoms with van der Waals surface area (Å²) in [5.74, 6) is -0.825. The molecule has 0 spiro atoms. The zero-order chi connectivity index (χ0) is 12.3. The van der Waals surface area contributed by atoms with Crippen molar-refractivity contribution in [2.45, 2.75) is 23.9 Å². The summed E-state index contributed by atoms with van der Waals surface area (Å²) in [6.45, 7) is 1.52. The normalized spacial score (nSPS) is 18.2. The molecule has 0 saturated carbocycles. The Hall–Kier alpha value is -1.05. The molecule has 2 N–H and O–H groups in total. The summed E-state index contributed by atoms with van der Waals surface area (Å²) >= 11 is 0. The number of rotatable bonds is 3. The van der Waals surface area contributed by atoms with E-state index in [2.05, 4.69) is 15.0 Å². The summed E-state index contributed by atoms with van der Waals surface area (Å²) in [6.07, 6.45) is 2.67. The zero-order valence-corrected chi connectivity index (χ0v) is 10.0. The largest absolute Gasteiger partial charge is 0.317 e. The molecule has 94 valence electrons. The van der Waals surface area contributed by atoms with E-state index in [0.29, 0.717) is 12.8 Å². The summed E-state index contributed by atoms with van der Waals surface area (Å²) < 4.78 is 39.6. The average Bonchev–Trinajstić information content (AvgIpc) is 2.30. The first kappa shape index (κ1) is 12.4. The summed E-state index contributed by atoms with van der Waals surface area (Å²) in [6, 6.07) is 2.30. The minimum atomic E-state index is -3.85. The van der Waals surface area contributed by atoms with Gasteiger partial charge in [0.2, 0.25) is 5.03 Å². The number of pyridine rings is 1. The fraction of sp³-hybridized carbons (Fsp3) is 0.500. The fourth-order valence-corrected chi connectivity index (χ4v) is 3.09. The minimum Gasteiger partial charge on any atom is -0.317 e. The molecular weight excluding hydrogens is 245 g/mol. The molecule has 0 unspecified atom stereocenters. The third-order valence-corrected chi connectivity index (χ3v) is 4.09. The van der Waals surface area contributed by atoms with Gasteiger partial charge in [0, 0.05) is 12.2 Å². The molecule has 17 heavy (non-hydrogen) atoms. The summed E-state index contributed by atoms with van der Waals surface area (Å²) in [5, 5.41) is 2.60. The van der Waals surface area contributed by atoms with E-state index in [9.17, 15) is 12.8 Å². The van der Waals surface area contributed by atoms with Gasteiger partial charge in [0.1, 0.15) is 0 Å². The Kier molecular flexibility index (Phi) is 3.70. The summed E-state index contributed by atoms with van der Waals surface area (Å²) in [4.78, 5) is 3.57. The van der Waals surface area contributed by atoms with Gasteiger partial charge in [-0.1, -0.05) is 0 Å².